The number of nitrogens with zero attached hydrogens (tertiary/aromatic N) is 2. The highest BCUT2D eigenvalue weighted by atomic mass is 32.2. The van der Waals surface area contributed by atoms with Gasteiger partial charge in [-0.05, 0) is 37.7 Å². The van der Waals surface area contributed by atoms with E-state index < -0.39 is 15.8 Å². The molecule has 0 spiro atoms. The fraction of sp³-hybridized carbons (Fsp3) is 0.158. The summed E-state index contributed by atoms with van der Waals surface area (Å²) in [5.74, 6) is -0.241. The zero-order valence-electron chi connectivity index (χ0n) is 14.2. The van der Waals surface area contributed by atoms with Crippen molar-refractivity contribution in [3.63, 3.8) is 0 Å². The van der Waals surface area contributed by atoms with Crippen molar-refractivity contribution >= 4 is 15.8 Å². The van der Waals surface area contributed by atoms with Gasteiger partial charge in [0.15, 0.2) is 0 Å². The number of anilines is 1. The first kappa shape index (κ1) is 20.5. The first-order chi connectivity index (χ1) is 12.3. The molecule has 3 aromatic rings. The van der Waals surface area contributed by atoms with Crippen molar-refractivity contribution in [1.82, 2.24) is 14.7 Å². The molecule has 0 saturated heterocycles. The van der Waals surface area contributed by atoms with Crippen molar-refractivity contribution in [3.8, 4) is 22.4 Å². The van der Waals surface area contributed by atoms with Gasteiger partial charge in [0.1, 0.15) is 11.6 Å². The molecule has 0 unspecified atom stereocenters. The number of aromatic nitrogens is 2. The molecule has 6 nitrogen and oxygen atoms in total. The van der Waals surface area contributed by atoms with Crippen LogP contribution in [0, 0.1) is 12.7 Å². The second-order valence-corrected chi connectivity index (χ2v) is 7.48. The van der Waals surface area contributed by atoms with Crippen LogP contribution in [0.5, 0.6) is 0 Å². The van der Waals surface area contributed by atoms with Crippen molar-refractivity contribution in [3.05, 3.63) is 60.2 Å². The van der Waals surface area contributed by atoms with Gasteiger partial charge in [-0.3, -0.25) is 0 Å². The third-order valence-corrected chi connectivity index (χ3v) is 5.46. The van der Waals surface area contributed by atoms with Crippen molar-refractivity contribution < 1.29 is 12.8 Å². The predicted octanol–water partition coefficient (Wildman–Crippen LogP) is 3.38. The van der Waals surface area contributed by atoms with E-state index in [1.807, 2.05) is 0 Å². The molecule has 0 fully saturated rings. The molecule has 0 saturated carbocycles. The highest BCUT2D eigenvalue weighted by Crippen LogP contribution is 2.31. The molecule has 3 rings (SSSR count). The SMILES string of the molecule is C.CNS(=O)(=O)c1ccccc1-c1ccc(-c2cnc(N)c(C)n2)c(F)c1. The van der Waals surface area contributed by atoms with Gasteiger partial charge < -0.3 is 5.73 Å². The number of hydrogen-bond acceptors (Lipinski definition) is 5. The van der Waals surface area contributed by atoms with Gasteiger partial charge >= 0.3 is 0 Å². The zero-order valence-corrected chi connectivity index (χ0v) is 15.0. The second kappa shape index (κ2) is 7.81. The molecule has 2 aromatic carbocycles. The van der Waals surface area contributed by atoms with E-state index in [0.29, 0.717) is 22.5 Å². The van der Waals surface area contributed by atoms with E-state index in [-0.39, 0.29) is 23.7 Å². The third-order valence-electron chi connectivity index (χ3n) is 3.99. The van der Waals surface area contributed by atoms with E-state index in [1.165, 1.54) is 25.4 Å². The summed E-state index contributed by atoms with van der Waals surface area (Å²) in [6.45, 7) is 1.69. The van der Waals surface area contributed by atoms with Crippen molar-refractivity contribution in [2.45, 2.75) is 19.2 Å². The van der Waals surface area contributed by atoms with Crippen LogP contribution < -0.4 is 10.5 Å². The molecular weight excluding hydrogens is 367 g/mol. The Hall–Kier alpha value is -2.84. The van der Waals surface area contributed by atoms with Gasteiger partial charge in [0.25, 0.3) is 0 Å². The lowest BCUT2D eigenvalue weighted by molar-refractivity contribution is 0.588. The number of nitrogens with one attached hydrogen (secondary N) is 1. The van der Waals surface area contributed by atoms with Crippen LogP contribution in [0.4, 0.5) is 10.2 Å². The van der Waals surface area contributed by atoms with E-state index in [2.05, 4.69) is 14.7 Å². The first-order valence-electron chi connectivity index (χ1n) is 7.75. The van der Waals surface area contributed by atoms with Crippen molar-refractivity contribution in [1.29, 1.82) is 0 Å². The summed E-state index contributed by atoms with van der Waals surface area (Å²) in [4.78, 5) is 8.32. The minimum absolute atomic E-state index is 0. The van der Waals surface area contributed by atoms with Crippen LogP contribution >= 0.6 is 0 Å². The summed E-state index contributed by atoms with van der Waals surface area (Å²) < 4.78 is 41.4. The molecule has 1 heterocycles. The van der Waals surface area contributed by atoms with Gasteiger partial charge in [0, 0.05) is 11.1 Å². The molecule has 0 bridgehead atoms. The van der Waals surface area contributed by atoms with Crippen molar-refractivity contribution in [2.75, 3.05) is 12.8 Å². The van der Waals surface area contributed by atoms with Crippen LogP contribution in [0.3, 0.4) is 0 Å². The molecule has 8 heteroatoms. The Bertz CT molecular complexity index is 1080. The molecule has 0 aliphatic rings. The summed E-state index contributed by atoms with van der Waals surface area (Å²) in [6, 6.07) is 10.9. The van der Waals surface area contributed by atoms with Crippen LogP contribution in [-0.2, 0) is 10.0 Å². The molecule has 0 atom stereocenters. The highest BCUT2D eigenvalue weighted by molar-refractivity contribution is 7.89. The van der Waals surface area contributed by atoms with Gasteiger partial charge in [-0.1, -0.05) is 31.7 Å². The van der Waals surface area contributed by atoms with Crippen molar-refractivity contribution in [2.24, 2.45) is 0 Å². The van der Waals surface area contributed by atoms with E-state index >= 15 is 0 Å². The number of hydrogen-bond donors (Lipinski definition) is 2. The molecule has 142 valence electrons. The summed E-state index contributed by atoms with van der Waals surface area (Å²) in [5.41, 5.74) is 7.63. The maximum atomic E-state index is 14.7. The minimum atomic E-state index is -3.67. The van der Waals surface area contributed by atoms with Gasteiger partial charge in [-0.25, -0.2) is 27.5 Å². The van der Waals surface area contributed by atoms with Gasteiger partial charge in [0.05, 0.1) is 22.5 Å². The number of nitrogen functional groups attached to an aromatic ring is 1. The standard InChI is InChI=1S/C18H17FN4O2S.CH4/c1-11-18(20)22-10-16(23-11)14-8-7-12(9-15(14)19)13-5-3-4-6-17(13)26(24,25)21-2;/h3-10,21H,1-2H3,(H2,20,22);1H4. The maximum Gasteiger partial charge on any atom is 0.240 e. The Morgan fingerprint density at radius 3 is 2.44 bits per heavy atom. The minimum Gasteiger partial charge on any atom is -0.382 e. The maximum absolute atomic E-state index is 14.7. The average Bonchev–Trinajstić information content (AvgIpc) is 2.64. The Morgan fingerprint density at radius 1 is 1.11 bits per heavy atom. The fourth-order valence-corrected chi connectivity index (χ4v) is 3.51. The second-order valence-electron chi connectivity index (χ2n) is 5.62. The normalized spacial score (nSPS) is 11.1. The number of benzene rings is 2. The number of nitrogens with two attached hydrogens (primary N) is 1. The summed E-state index contributed by atoms with van der Waals surface area (Å²) in [7, 11) is -2.34. The Labute approximate surface area is 158 Å². The number of halogens is 1. The van der Waals surface area contributed by atoms with E-state index in [9.17, 15) is 12.8 Å². The van der Waals surface area contributed by atoms with Gasteiger partial charge in [-0.15, -0.1) is 0 Å². The first-order valence-corrected chi connectivity index (χ1v) is 9.24. The Morgan fingerprint density at radius 2 is 1.81 bits per heavy atom. The monoisotopic (exact) mass is 388 g/mol. The number of rotatable bonds is 4. The number of aryl methyl sites for hydroxylation is 1. The largest absolute Gasteiger partial charge is 0.382 e. The lowest BCUT2D eigenvalue weighted by Crippen LogP contribution is -2.19. The summed E-state index contributed by atoms with van der Waals surface area (Å²) in [6.07, 6.45) is 1.40. The zero-order chi connectivity index (χ0) is 18.9. The van der Waals surface area contributed by atoms with Crippen LogP contribution in [0.25, 0.3) is 22.4 Å². The van der Waals surface area contributed by atoms with E-state index in [4.69, 9.17) is 5.73 Å². The number of sulfonamides is 1. The molecular formula is C19H21FN4O2S. The van der Waals surface area contributed by atoms with Crippen LogP contribution in [0.2, 0.25) is 0 Å². The lowest BCUT2D eigenvalue weighted by Gasteiger charge is -2.11. The van der Waals surface area contributed by atoms with E-state index in [0.717, 1.165) is 0 Å². The van der Waals surface area contributed by atoms with Gasteiger partial charge in [-0.2, -0.15) is 0 Å². The molecule has 0 aliphatic heterocycles. The average molecular weight is 388 g/mol. The van der Waals surface area contributed by atoms with Crippen LogP contribution in [-0.4, -0.2) is 25.4 Å². The summed E-state index contributed by atoms with van der Waals surface area (Å²) in [5, 5.41) is 0. The molecule has 1 aromatic heterocycles. The Kier molecular flexibility index (Phi) is 5.92. The molecule has 0 amide bonds. The molecule has 0 radical (unpaired) electrons. The molecule has 27 heavy (non-hydrogen) atoms. The quantitative estimate of drug-likeness (QED) is 0.714. The van der Waals surface area contributed by atoms with Crippen LogP contribution in [0.1, 0.15) is 13.1 Å². The molecule has 0 aliphatic carbocycles. The summed E-state index contributed by atoms with van der Waals surface area (Å²) >= 11 is 0. The van der Waals surface area contributed by atoms with Gasteiger partial charge in [0.2, 0.25) is 10.0 Å². The third kappa shape index (κ3) is 3.96. The van der Waals surface area contributed by atoms with E-state index in [1.54, 1.807) is 37.3 Å². The van der Waals surface area contributed by atoms with Crippen LogP contribution in [0.15, 0.2) is 53.6 Å². The Balaban J connectivity index is 0.00000261. The smallest absolute Gasteiger partial charge is 0.240 e. The lowest BCUT2D eigenvalue weighted by atomic mass is 10.0. The predicted molar refractivity (Wildman–Crippen MR) is 105 cm³/mol. The fourth-order valence-electron chi connectivity index (χ4n) is 2.56. The highest BCUT2D eigenvalue weighted by Gasteiger charge is 2.18. The molecule has 3 N–H and O–H groups in total. The topological polar surface area (TPSA) is 98.0 Å².